The number of carbonyl (C=O) groups is 1. The molecular weight excluding hydrogens is 403 g/mol. The van der Waals surface area contributed by atoms with Gasteiger partial charge in [0.15, 0.2) is 0 Å². The molecule has 0 bridgehead atoms. The number of alkyl halides is 3. The number of rotatable bonds is 2. The molecule has 1 aliphatic rings. The highest BCUT2D eigenvalue weighted by Gasteiger charge is 2.30. The van der Waals surface area contributed by atoms with Gasteiger partial charge in [-0.05, 0) is 43.5 Å². The van der Waals surface area contributed by atoms with Gasteiger partial charge in [0.2, 0.25) is 0 Å². The lowest BCUT2D eigenvalue weighted by atomic mass is 10.1. The van der Waals surface area contributed by atoms with Gasteiger partial charge in [0.1, 0.15) is 10.7 Å². The SMILES string of the molecule is Cc1c(C(=O)Nc2cccc(C(F)(F)F)c2)sc2nc3n(c(=O)c12)CCCCC3. The van der Waals surface area contributed by atoms with E-state index in [2.05, 4.69) is 10.3 Å². The second-order valence-electron chi connectivity index (χ2n) is 7.06. The van der Waals surface area contributed by atoms with Crippen LogP contribution in [0.3, 0.4) is 0 Å². The summed E-state index contributed by atoms with van der Waals surface area (Å²) in [5.41, 5.74) is -0.445. The van der Waals surface area contributed by atoms with E-state index in [-0.39, 0.29) is 16.1 Å². The largest absolute Gasteiger partial charge is 0.416 e. The molecule has 5 nitrogen and oxygen atoms in total. The Kier molecular flexibility index (Phi) is 4.94. The third kappa shape index (κ3) is 3.66. The van der Waals surface area contributed by atoms with E-state index in [1.54, 1.807) is 11.5 Å². The van der Waals surface area contributed by atoms with E-state index in [4.69, 9.17) is 0 Å². The maximum absolute atomic E-state index is 13.0. The Bertz CT molecular complexity index is 1160. The lowest BCUT2D eigenvalue weighted by molar-refractivity contribution is -0.137. The van der Waals surface area contributed by atoms with Gasteiger partial charge in [0, 0.05) is 18.7 Å². The zero-order valence-corrected chi connectivity index (χ0v) is 16.4. The van der Waals surface area contributed by atoms with Crippen molar-refractivity contribution >= 4 is 33.1 Å². The molecule has 0 saturated heterocycles. The minimum atomic E-state index is -4.50. The second-order valence-corrected chi connectivity index (χ2v) is 8.06. The molecule has 0 radical (unpaired) electrons. The Morgan fingerprint density at radius 3 is 2.79 bits per heavy atom. The van der Waals surface area contributed by atoms with Crippen LogP contribution in [0.1, 0.15) is 45.9 Å². The summed E-state index contributed by atoms with van der Waals surface area (Å²) in [7, 11) is 0. The van der Waals surface area contributed by atoms with Crippen molar-refractivity contribution in [2.24, 2.45) is 0 Å². The molecule has 0 saturated carbocycles. The smallest absolute Gasteiger partial charge is 0.321 e. The van der Waals surface area contributed by atoms with E-state index in [0.29, 0.717) is 28.7 Å². The van der Waals surface area contributed by atoms with Gasteiger partial charge in [-0.3, -0.25) is 14.2 Å². The van der Waals surface area contributed by atoms with Gasteiger partial charge < -0.3 is 5.32 Å². The monoisotopic (exact) mass is 421 g/mol. The normalized spacial score (nSPS) is 14.5. The van der Waals surface area contributed by atoms with E-state index < -0.39 is 17.6 Å². The molecule has 0 fully saturated rings. The Hall–Kier alpha value is -2.68. The van der Waals surface area contributed by atoms with E-state index >= 15 is 0 Å². The first-order valence-corrected chi connectivity index (χ1v) is 10.1. The van der Waals surface area contributed by atoms with Crippen molar-refractivity contribution in [3.8, 4) is 0 Å². The van der Waals surface area contributed by atoms with Crippen molar-refractivity contribution in [3.05, 3.63) is 56.4 Å². The van der Waals surface area contributed by atoms with E-state index in [9.17, 15) is 22.8 Å². The molecule has 1 N–H and O–H groups in total. The fraction of sp³-hybridized carbons (Fsp3) is 0.350. The molecular formula is C20H18F3N3O2S. The molecule has 4 rings (SSSR count). The quantitative estimate of drug-likeness (QED) is 0.649. The highest BCUT2D eigenvalue weighted by atomic mass is 32.1. The number of amides is 1. The minimum absolute atomic E-state index is 0.0437. The first kappa shape index (κ1) is 19.6. The maximum atomic E-state index is 13.0. The summed E-state index contributed by atoms with van der Waals surface area (Å²) in [6.45, 7) is 2.28. The van der Waals surface area contributed by atoms with Crippen molar-refractivity contribution in [2.45, 2.75) is 45.3 Å². The topological polar surface area (TPSA) is 64.0 Å². The van der Waals surface area contributed by atoms with Gasteiger partial charge in [-0.15, -0.1) is 11.3 Å². The highest BCUT2D eigenvalue weighted by Crippen LogP contribution is 2.32. The molecule has 1 aromatic carbocycles. The number of aromatic nitrogens is 2. The minimum Gasteiger partial charge on any atom is -0.321 e. The molecule has 3 aromatic rings. The van der Waals surface area contributed by atoms with E-state index in [1.165, 1.54) is 12.1 Å². The van der Waals surface area contributed by atoms with Gasteiger partial charge in [-0.1, -0.05) is 12.5 Å². The average molecular weight is 421 g/mol. The molecule has 0 spiro atoms. The molecule has 0 aliphatic carbocycles. The van der Waals surface area contributed by atoms with Gasteiger partial charge in [0.25, 0.3) is 11.5 Å². The summed E-state index contributed by atoms with van der Waals surface area (Å²) in [5, 5.41) is 2.92. The Labute approximate surface area is 168 Å². The summed E-state index contributed by atoms with van der Waals surface area (Å²) in [5.74, 6) is 0.176. The van der Waals surface area contributed by atoms with Crippen molar-refractivity contribution in [2.75, 3.05) is 5.32 Å². The van der Waals surface area contributed by atoms with Gasteiger partial charge in [-0.2, -0.15) is 13.2 Å². The Morgan fingerprint density at radius 1 is 1.24 bits per heavy atom. The zero-order valence-electron chi connectivity index (χ0n) is 15.6. The van der Waals surface area contributed by atoms with Crippen LogP contribution in [0, 0.1) is 6.92 Å². The van der Waals surface area contributed by atoms with Crippen LogP contribution in [-0.2, 0) is 19.1 Å². The average Bonchev–Trinajstić information content (AvgIpc) is 2.84. The number of nitrogens with one attached hydrogen (secondary N) is 1. The third-order valence-corrected chi connectivity index (χ3v) is 6.25. The molecule has 2 aromatic heterocycles. The summed E-state index contributed by atoms with van der Waals surface area (Å²) in [6, 6.07) is 4.46. The number of carbonyl (C=O) groups excluding carboxylic acids is 1. The molecule has 9 heteroatoms. The Morgan fingerprint density at radius 2 is 2.03 bits per heavy atom. The molecule has 152 valence electrons. The van der Waals surface area contributed by atoms with Crippen molar-refractivity contribution in [1.82, 2.24) is 9.55 Å². The van der Waals surface area contributed by atoms with E-state index in [1.807, 2.05) is 0 Å². The molecule has 0 unspecified atom stereocenters. The van der Waals surface area contributed by atoms with Crippen LogP contribution < -0.4 is 10.9 Å². The first-order chi connectivity index (χ1) is 13.8. The van der Waals surface area contributed by atoms with E-state index in [0.717, 1.165) is 48.6 Å². The summed E-state index contributed by atoms with van der Waals surface area (Å²) < 4.78 is 40.4. The van der Waals surface area contributed by atoms with Crippen molar-refractivity contribution in [1.29, 1.82) is 0 Å². The first-order valence-electron chi connectivity index (χ1n) is 9.27. The fourth-order valence-electron chi connectivity index (χ4n) is 3.59. The van der Waals surface area contributed by atoms with Gasteiger partial charge in [0.05, 0.1) is 15.8 Å². The fourth-order valence-corrected chi connectivity index (χ4v) is 4.67. The predicted molar refractivity (Wildman–Crippen MR) is 106 cm³/mol. The van der Waals surface area contributed by atoms with Crippen LogP contribution in [-0.4, -0.2) is 15.5 Å². The lowest BCUT2D eigenvalue weighted by Crippen LogP contribution is -2.24. The molecule has 0 atom stereocenters. The van der Waals surface area contributed by atoms with Crippen molar-refractivity contribution in [3.63, 3.8) is 0 Å². The van der Waals surface area contributed by atoms with Crippen molar-refractivity contribution < 1.29 is 18.0 Å². The number of halogens is 3. The number of benzene rings is 1. The molecule has 1 amide bonds. The maximum Gasteiger partial charge on any atom is 0.416 e. The standard InChI is InChI=1S/C20H18F3N3O2S/c1-11-15-18(25-14-8-3-2-4-9-26(14)19(15)28)29-16(11)17(27)24-13-7-5-6-12(10-13)20(21,22)23/h5-7,10H,2-4,8-9H2,1H3,(H,24,27). The number of nitrogens with zero attached hydrogens (tertiary/aromatic N) is 2. The Balaban J connectivity index is 1.71. The number of thiophene rings is 1. The number of hydrogen-bond donors (Lipinski definition) is 1. The number of fused-ring (bicyclic) bond motifs is 2. The van der Waals surface area contributed by atoms with Gasteiger partial charge in [-0.25, -0.2) is 4.98 Å². The number of aryl methyl sites for hydroxylation is 2. The summed E-state index contributed by atoms with van der Waals surface area (Å²) >= 11 is 1.10. The van der Waals surface area contributed by atoms with Crippen LogP contribution in [0.25, 0.3) is 10.2 Å². The highest BCUT2D eigenvalue weighted by molar-refractivity contribution is 7.20. The van der Waals surface area contributed by atoms with Crippen LogP contribution in [0.4, 0.5) is 18.9 Å². The van der Waals surface area contributed by atoms with Crippen LogP contribution >= 0.6 is 11.3 Å². The van der Waals surface area contributed by atoms with Crippen LogP contribution in [0.2, 0.25) is 0 Å². The molecule has 3 heterocycles. The van der Waals surface area contributed by atoms with Crippen LogP contribution in [0.15, 0.2) is 29.1 Å². The lowest BCUT2D eigenvalue weighted by Gasteiger charge is -2.09. The molecule has 29 heavy (non-hydrogen) atoms. The zero-order chi connectivity index (χ0) is 20.8. The summed E-state index contributed by atoms with van der Waals surface area (Å²) in [4.78, 5) is 31.1. The third-order valence-electron chi connectivity index (χ3n) is 5.07. The second kappa shape index (κ2) is 7.29. The van der Waals surface area contributed by atoms with Gasteiger partial charge >= 0.3 is 6.18 Å². The number of anilines is 1. The molecule has 1 aliphatic heterocycles. The predicted octanol–water partition coefficient (Wildman–Crippen LogP) is 4.76. The van der Waals surface area contributed by atoms with Crippen LogP contribution in [0.5, 0.6) is 0 Å². The summed E-state index contributed by atoms with van der Waals surface area (Å²) in [6.07, 6.45) is -0.865. The number of hydrogen-bond acceptors (Lipinski definition) is 4.